The van der Waals surface area contributed by atoms with Gasteiger partial charge in [-0.15, -0.1) is 0 Å². The molecule has 1 saturated carbocycles. The zero-order valence-electron chi connectivity index (χ0n) is 23.5. The van der Waals surface area contributed by atoms with Gasteiger partial charge in [0.1, 0.15) is 0 Å². The van der Waals surface area contributed by atoms with Crippen molar-refractivity contribution in [3.63, 3.8) is 0 Å². The van der Waals surface area contributed by atoms with Crippen LogP contribution in [0.1, 0.15) is 94.4 Å². The Kier molecular flexibility index (Phi) is 8.65. The fourth-order valence-corrected chi connectivity index (χ4v) is 6.90. The van der Waals surface area contributed by atoms with E-state index in [2.05, 4.69) is 75.4 Å². The van der Waals surface area contributed by atoms with Crippen LogP contribution in [-0.4, -0.2) is 24.1 Å². The number of carbonyl (C=O) groups is 1. The average Bonchev–Trinajstić information content (AvgIpc) is 2.93. The van der Waals surface area contributed by atoms with Crippen molar-refractivity contribution in [1.29, 1.82) is 0 Å². The summed E-state index contributed by atoms with van der Waals surface area (Å²) in [5.41, 5.74) is 7.42. The quantitative estimate of drug-likeness (QED) is 0.349. The first-order valence-corrected chi connectivity index (χ1v) is 14.8. The fourth-order valence-electron chi connectivity index (χ4n) is 6.90. The van der Waals surface area contributed by atoms with Gasteiger partial charge in [0, 0.05) is 19.4 Å². The molecule has 0 bridgehead atoms. The number of aryl methyl sites for hydroxylation is 1. The molecule has 0 radical (unpaired) electrons. The lowest BCUT2D eigenvalue weighted by Gasteiger charge is -2.47. The summed E-state index contributed by atoms with van der Waals surface area (Å²) < 4.78 is 13.0. The number of rotatable bonds is 7. The van der Waals surface area contributed by atoms with Gasteiger partial charge in [0.25, 0.3) is 0 Å². The van der Waals surface area contributed by atoms with Gasteiger partial charge in [-0.1, -0.05) is 71.3 Å². The van der Waals surface area contributed by atoms with E-state index in [1.165, 1.54) is 34.3 Å². The molecule has 38 heavy (non-hydrogen) atoms. The molecule has 3 atom stereocenters. The molecule has 3 aliphatic rings. The number of carbonyl (C=O) groups excluding carboxylic acids is 1. The van der Waals surface area contributed by atoms with Crippen molar-refractivity contribution >= 4 is 5.78 Å². The average molecular weight is 513 g/mol. The zero-order valence-corrected chi connectivity index (χ0v) is 23.5. The summed E-state index contributed by atoms with van der Waals surface area (Å²) in [6.07, 6.45) is 12.2. The fraction of sp³-hybridized carbons (Fsp3) is 0.514. The second kappa shape index (κ2) is 12.1. The summed E-state index contributed by atoms with van der Waals surface area (Å²) in [6, 6.07) is 19.5. The van der Waals surface area contributed by atoms with Crippen molar-refractivity contribution in [3.8, 4) is 0 Å². The van der Waals surface area contributed by atoms with Gasteiger partial charge in [-0.05, 0) is 101 Å². The predicted molar refractivity (Wildman–Crippen MR) is 154 cm³/mol. The molecular formula is C35H44O3. The highest BCUT2D eigenvalue weighted by atomic mass is 16.5. The lowest BCUT2D eigenvalue weighted by atomic mass is 9.74. The topological polar surface area (TPSA) is 35.5 Å². The van der Waals surface area contributed by atoms with E-state index in [9.17, 15) is 4.79 Å². The normalized spacial score (nSPS) is 28.0. The molecule has 2 aliphatic carbocycles. The largest absolute Gasteiger partial charge is 0.378 e. The second-order valence-electron chi connectivity index (χ2n) is 11.8. The first-order chi connectivity index (χ1) is 18.4. The highest BCUT2D eigenvalue weighted by Crippen LogP contribution is 2.47. The maximum Gasteiger partial charge on any atom is 0.181 e. The van der Waals surface area contributed by atoms with Gasteiger partial charge in [0.15, 0.2) is 5.78 Å². The third-order valence-corrected chi connectivity index (χ3v) is 9.15. The molecule has 202 valence electrons. The lowest BCUT2D eigenvalue weighted by Crippen LogP contribution is -2.45. The first-order valence-electron chi connectivity index (χ1n) is 14.8. The van der Waals surface area contributed by atoms with Crippen molar-refractivity contribution in [1.82, 2.24) is 0 Å². The zero-order chi connectivity index (χ0) is 26.5. The molecule has 0 amide bonds. The van der Waals surface area contributed by atoms with Gasteiger partial charge >= 0.3 is 0 Å². The first kappa shape index (κ1) is 27.1. The highest BCUT2D eigenvalue weighted by Gasteiger charge is 2.44. The Balaban J connectivity index is 1.25. The van der Waals surface area contributed by atoms with Crippen LogP contribution in [0, 0.1) is 12.8 Å². The molecule has 1 spiro atoms. The van der Waals surface area contributed by atoms with E-state index < -0.39 is 0 Å². The molecule has 0 aromatic heterocycles. The third-order valence-electron chi connectivity index (χ3n) is 9.15. The van der Waals surface area contributed by atoms with Crippen LogP contribution in [0.2, 0.25) is 0 Å². The molecule has 2 aromatic rings. The Bertz CT molecular complexity index is 1150. The van der Waals surface area contributed by atoms with E-state index >= 15 is 0 Å². The Hall–Kier alpha value is -2.49. The van der Waals surface area contributed by atoms with E-state index in [1.54, 1.807) is 0 Å². The van der Waals surface area contributed by atoms with E-state index in [4.69, 9.17) is 9.47 Å². The van der Waals surface area contributed by atoms with Gasteiger partial charge < -0.3 is 9.47 Å². The number of allylic oxidation sites excluding steroid dienone is 4. The van der Waals surface area contributed by atoms with Crippen LogP contribution in [0.5, 0.6) is 0 Å². The summed E-state index contributed by atoms with van der Waals surface area (Å²) in [5, 5.41) is 0. The highest BCUT2D eigenvalue weighted by molar-refractivity contribution is 6.05. The van der Waals surface area contributed by atoms with Crippen LogP contribution in [0.3, 0.4) is 0 Å². The van der Waals surface area contributed by atoms with Crippen LogP contribution >= 0.6 is 0 Å². The van der Waals surface area contributed by atoms with Gasteiger partial charge in [-0.3, -0.25) is 4.79 Å². The molecule has 5 rings (SSSR count). The number of ketones is 1. The van der Waals surface area contributed by atoms with Crippen molar-refractivity contribution in [2.24, 2.45) is 5.92 Å². The molecule has 3 nitrogen and oxygen atoms in total. The Labute approximate surface area is 229 Å². The minimum atomic E-state index is -0.155. The maximum atomic E-state index is 13.5. The van der Waals surface area contributed by atoms with E-state index in [1.807, 2.05) is 6.08 Å². The lowest BCUT2D eigenvalue weighted by molar-refractivity contribution is -0.184. The summed E-state index contributed by atoms with van der Waals surface area (Å²) in [6.45, 7) is 7.15. The van der Waals surface area contributed by atoms with Gasteiger partial charge in [0.05, 0.1) is 17.8 Å². The van der Waals surface area contributed by atoms with Crippen molar-refractivity contribution < 1.29 is 14.3 Å². The third kappa shape index (κ3) is 6.38. The Morgan fingerprint density at radius 3 is 2.47 bits per heavy atom. The predicted octanol–water partition coefficient (Wildman–Crippen LogP) is 8.42. The molecule has 0 N–H and O–H groups in total. The Morgan fingerprint density at radius 2 is 1.76 bits per heavy atom. The number of hydrogen-bond acceptors (Lipinski definition) is 3. The smallest absolute Gasteiger partial charge is 0.181 e. The minimum absolute atomic E-state index is 0.0779. The van der Waals surface area contributed by atoms with E-state index in [0.717, 1.165) is 70.0 Å². The van der Waals surface area contributed by atoms with Crippen LogP contribution in [0.4, 0.5) is 0 Å². The maximum absolute atomic E-state index is 13.5. The SMILES string of the molecule is CCOC1CC(c2ccccc2)OC2(CCC(=CC(=O)C3=C(C)C(Cc4ccc(C)cc4)CCC3)CC2)C1. The van der Waals surface area contributed by atoms with Crippen LogP contribution in [-0.2, 0) is 20.7 Å². The van der Waals surface area contributed by atoms with Gasteiger partial charge in [0.2, 0.25) is 0 Å². The standard InChI is InChI=1S/C35H44O3/c1-4-37-31-23-34(29-9-6-5-7-10-29)38-35(24-31)19-17-28(18-20-35)22-33(36)32-12-8-11-30(26(32)3)21-27-15-13-25(2)14-16-27/h5-7,9-10,13-16,22,30-31,34H,4,8,11-12,17-21,23-24H2,1-3H3. The molecule has 2 aromatic carbocycles. The molecular weight excluding hydrogens is 468 g/mol. The Morgan fingerprint density at radius 1 is 1.03 bits per heavy atom. The minimum Gasteiger partial charge on any atom is -0.378 e. The number of ether oxygens (including phenoxy) is 2. The van der Waals surface area contributed by atoms with Gasteiger partial charge in [-0.25, -0.2) is 0 Å². The van der Waals surface area contributed by atoms with Crippen LogP contribution < -0.4 is 0 Å². The monoisotopic (exact) mass is 512 g/mol. The van der Waals surface area contributed by atoms with Crippen molar-refractivity contribution in [2.75, 3.05) is 6.61 Å². The van der Waals surface area contributed by atoms with E-state index in [0.29, 0.717) is 5.92 Å². The summed E-state index contributed by atoms with van der Waals surface area (Å²) in [4.78, 5) is 13.5. The van der Waals surface area contributed by atoms with Crippen LogP contribution in [0.15, 0.2) is 77.4 Å². The summed E-state index contributed by atoms with van der Waals surface area (Å²) >= 11 is 0. The van der Waals surface area contributed by atoms with Crippen molar-refractivity contribution in [2.45, 2.75) is 103 Å². The van der Waals surface area contributed by atoms with Crippen molar-refractivity contribution in [3.05, 3.63) is 94.1 Å². The molecule has 3 unspecified atom stereocenters. The molecule has 3 heteroatoms. The number of benzene rings is 2. The molecule has 2 fully saturated rings. The van der Waals surface area contributed by atoms with E-state index in [-0.39, 0.29) is 23.6 Å². The summed E-state index contributed by atoms with van der Waals surface area (Å²) in [5.74, 6) is 0.723. The van der Waals surface area contributed by atoms with Crippen LogP contribution in [0.25, 0.3) is 0 Å². The number of hydrogen-bond donors (Lipinski definition) is 0. The molecule has 1 saturated heterocycles. The second-order valence-corrected chi connectivity index (χ2v) is 11.8. The van der Waals surface area contributed by atoms with Gasteiger partial charge in [-0.2, -0.15) is 0 Å². The molecule has 1 heterocycles. The summed E-state index contributed by atoms with van der Waals surface area (Å²) in [7, 11) is 0. The molecule has 1 aliphatic heterocycles.